The maximum Gasteiger partial charge on any atom is 0.247 e. The Balaban J connectivity index is 1.50. The van der Waals surface area contributed by atoms with Gasteiger partial charge in [0.2, 0.25) is 17.7 Å². The van der Waals surface area contributed by atoms with Gasteiger partial charge in [0.15, 0.2) is 11.5 Å². The van der Waals surface area contributed by atoms with Crippen molar-refractivity contribution in [1.82, 2.24) is 24.6 Å². The first-order valence-corrected chi connectivity index (χ1v) is 9.41. The molecule has 1 amide bonds. The molecule has 0 radical (unpaired) electrons. The molecule has 0 atom stereocenters. The summed E-state index contributed by atoms with van der Waals surface area (Å²) in [6.07, 6.45) is 3.34. The number of rotatable bonds is 4. The number of benzene rings is 1. The molecule has 150 valence electrons. The highest BCUT2D eigenvalue weighted by Crippen LogP contribution is 2.38. The summed E-state index contributed by atoms with van der Waals surface area (Å²) in [6, 6.07) is 11.2. The third kappa shape index (κ3) is 2.83. The number of ether oxygens (including phenoxy) is 1. The molecular formula is C21H19N7O2. The summed E-state index contributed by atoms with van der Waals surface area (Å²) < 4.78 is 6.87. The van der Waals surface area contributed by atoms with Crippen LogP contribution in [0.5, 0.6) is 5.88 Å². The van der Waals surface area contributed by atoms with Gasteiger partial charge in [-0.25, -0.2) is 9.97 Å². The number of anilines is 3. The van der Waals surface area contributed by atoms with Gasteiger partial charge in [0.05, 0.1) is 12.5 Å². The molecular weight excluding hydrogens is 382 g/mol. The second-order valence-corrected chi connectivity index (χ2v) is 7.53. The Labute approximate surface area is 172 Å². The molecule has 4 aromatic rings. The maximum atomic E-state index is 12.2. The third-order valence-electron chi connectivity index (χ3n) is 5.22. The van der Waals surface area contributed by atoms with E-state index in [0.29, 0.717) is 23.3 Å². The van der Waals surface area contributed by atoms with Gasteiger partial charge in [-0.3, -0.25) is 4.79 Å². The number of aromatic nitrogens is 5. The summed E-state index contributed by atoms with van der Waals surface area (Å²) >= 11 is 0. The van der Waals surface area contributed by atoms with Crippen LogP contribution in [0.4, 0.5) is 17.3 Å². The van der Waals surface area contributed by atoms with Crippen LogP contribution in [0.25, 0.3) is 17.0 Å². The number of fused-ring (bicyclic) bond motifs is 2. The van der Waals surface area contributed by atoms with E-state index in [0.717, 1.165) is 22.5 Å². The van der Waals surface area contributed by atoms with E-state index in [2.05, 4.69) is 30.7 Å². The van der Waals surface area contributed by atoms with Crippen LogP contribution in [0.15, 0.2) is 48.8 Å². The molecule has 5 rings (SSSR count). The van der Waals surface area contributed by atoms with Crippen LogP contribution < -0.4 is 15.4 Å². The molecule has 0 saturated carbocycles. The van der Waals surface area contributed by atoms with Gasteiger partial charge in [-0.15, -0.1) is 5.10 Å². The minimum Gasteiger partial charge on any atom is -0.481 e. The summed E-state index contributed by atoms with van der Waals surface area (Å²) in [5, 5.41) is 10.7. The fourth-order valence-electron chi connectivity index (χ4n) is 3.53. The van der Waals surface area contributed by atoms with Crippen LogP contribution in [0.1, 0.15) is 19.4 Å². The molecule has 0 fully saturated rings. The Morgan fingerprint density at radius 2 is 1.93 bits per heavy atom. The second kappa shape index (κ2) is 6.51. The Bertz CT molecular complexity index is 1300. The van der Waals surface area contributed by atoms with Crippen molar-refractivity contribution in [2.45, 2.75) is 19.3 Å². The highest BCUT2D eigenvalue weighted by Gasteiger charge is 2.38. The molecule has 0 saturated heterocycles. The first-order valence-electron chi connectivity index (χ1n) is 9.41. The largest absolute Gasteiger partial charge is 0.481 e. The monoisotopic (exact) mass is 401 g/mol. The molecule has 4 heterocycles. The zero-order valence-electron chi connectivity index (χ0n) is 16.7. The number of nitrogens with one attached hydrogen (secondary N) is 2. The Hall–Kier alpha value is -4.01. The lowest BCUT2D eigenvalue weighted by Gasteiger charge is -2.14. The van der Waals surface area contributed by atoms with Gasteiger partial charge < -0.3 is 15.4 Å². The first kappa shape index (κ1) is 18.0. The predicted octanol–water partition coefficient (Wildman–Crippen LogP) is 3.17. The van der Waals surface area contributed by atoms with Gasteiger partial charge in [0.1, 0.15) is 0 Å². The van der Waals surface area contributed by atoms with Crippen molar-refractivity contribution in [3.05, 3.63) is 54.4 Å². The van der Waals surface area contributed by atoms with E-state index in [9.17, 15) is 4.79 Å². The summed E-state index contributed by atoms with van der Waals surface area (Å²) in [5.74, 6) is 1.53. The van der Waals surface area contributed by atoms with Gasteiger partial charge >= 0.3 is 0 Å². The molecule has 9 nitrogen and oxygen atoms in total. The van der Waals surface area contributed by atoms with Crippen LogP contribution in [-0.2, 0) is 10.2 Å². The molecule has 3 aromatic heterocycles. The van der Waals surface area contributed by atoms with Crippen molar-refractivity contribution in [2.75, 3.05) is 17.7 Å². The van der Waals surface area contributed by atoms with Crippen LogP contribution in [0.2, 0.25) is 0 Å². The second-order valence-electron chi connectivity index (χ2n) is 7.53. The van der Waals surface area contributed by atoms with E-state index in [1.807, 2.05) is 38.1 Å². The number of pyridine rings is 1. The van der Waals surface area contributed by atoms with Crippen LogP contribution >= 0.6 is 0 Å². The van der Waals surface area contributed by atoms with Crippen molar-refractivity contribution >= 4 is 28.9 Å². The van der Waals surface area contributed by atoms with E-state index in [1.165, 1.54) is 0 Å². The molecule has 0 spiro atoms. The number of nitrogens with zero attached hydrogens (tertiary/aromatic N) is 5. The molecule has 30 heavy (non-hydrogen) atoms. The molecule has 2 N–H and O–H groups in total. The minimum absolute atomic E-state index is 0.0102. The van der Waals surface area contributed by atoms with Crippen LogP contribution in [-0.4, -0.2) is 37.6 Å². The highest BCUT2D eigenvalue weighted by molar-refractivity contribution is 6.06. The number of methoxy groups -OCH3 is 1. The summed E-state index contributed by atoms with van der Waals surface area (Å²) in [5.41, 5.74) is 3.47. The topological polar surface area (TPSA) is 106 Å². The van der Waals surface area contributed by atoms with Gasteiger partial charge in [-0.2, -0.15) is 9.50 Å². The Morgan fingerprint density at radius 1 is 1.10 bits per heavy atom. The molecule has 0 bridgehead atoms. The summed E-state index contributed by atoms with van der Waals surface area (Å²) in [6.45, 7) is 3.82. The quantitative estimate of drug-likeness (QED) is 0.541. The van der Waals surface area contributed by atoms with Crippen molar-refractivity contribution in [1.29, 1.82) is 0 Å². The molecule has 1 aromatic carbocycles. The number of carbonyl (C=O) groups is 1. The molecule has 1 aliphatic heterocycles. The highest BCUT2D eigenvalue weighted by atomic mass is 16.5. The molecule has 0 unspecified atom stereocenters. The lowest BCUT2D eigenvalue weighted by atomic mass is 9.86. The van der Waals surface area contributed by atoms with Gasteiger partial charge in [-0.05, 0) is 37.6 Å². The molecule has 9 heteroatoms. The van der Waals surface area contributed by atoms with E-state index in [4.69, 9.17) is 4.74 Å². The smallest absolute Gasteiger partial charge is 0.247 e. The normalized spacial score (nSPS) is 14.4. The van der Waals surface area contributed by atoms with E-state index in [1.54, 1.807) is 36.2 Å². The van der Waals surface area contributed by atoms with Crippen LogP contribution in [0.3, 0.4) is 0 Å². The standard InChI is InChI=1S/C21H19N7O2/c1-21(2)14-5-4-13(11-15(14)25-19(21)29)24-20-26-16-7-9-23-18(28(16)27-20)12-6-8-22-17(10-12)30-3/h4-11H,1-3H3,(H,24,27)(H,25,29). The molecule has 1 aliphatic rings. The number of hydrogen-bond donors (Lipinski definition) is 2. The Morgan fingerprint density at radius 3 is 2.77 bits per heavy atom. The zero-order valence-corrected chi connectivity index (χ0v) is 16.7. The number of carbonyl (C=O) groups excluding carboxylic acids is 1. The number of amides is 1. The van der Waals surface area contributed by atoms with Gasteiger partial charge in [-0.1, -0.05) is 6.07 Å². The SMILES string of the molecule is COc1cc(-c2nccc3nc(Nc4ccc5c(c4)NC(=O)C5(C)C)nn23)ccn1. The van der Waals surface area contributed by atoms with Crippen molar-refractivity contribution < 1.29 is 9.53 Å². The van der Waals surface area contributed by atoms with E-state index in [-0.39, 0.29) is 5.91 Å². The average Bonchev–Trinajstić information content (AvgIpc) is 3.25. The van der Waals surface area contributed by atoms with E-state index >= 15 is 0 Å². The lowest BCUT2D eigenvalue weighted by Crippen LogP contribution is -2.26. The number of hydrogen-bond acceptors (Lipinski definition) is 7. The predicted molar refractivity (Wildman–Crippen MR) is 112 cm³/mol. The summed E-state index contributed by atoms with van der Waals surface area (Å²) in [4.78, 5) is 25.3. The third-order valence-corrected chi connectivity index (χ3v) is 5.22. The fourth-order valence-corrected chi connectivity index (χ4v) is 3.53. The molecule has 0 aliphatic carbocycles. The first-order chi connectivity index (χ1) is 14.5. The maximum absolute atomic E-state index is 12.2. The lowest BCUT2D eigenvalue weighted by molar-refractivity contribution is -0.119. The van der Waals surface area contributed by atoms with Crippen molar-refractivity contribution in [3.8, 4) is 17.3 Å². The van der Waals surface area contributed by atoms with Crippen molar-refractivity contribution in [3.63, 3.8) is 0 Å². The van der Waals surface area contributed by atoms with Crippen molar-refractivity contribution in [2.24, 2.45) is 0 Å². The average molecular weight is 401 g/mol. The van der Waals surface area contributed by atoms with Gasteiger partial charge in [0, 0.05) is 41.5 Å². The van der Waals surface area contributed by atoms with Gasteiger partial charge in [0.25, 0.3) is 0 Å². The minimum atomic E-state index is -0.540. The zero-order chi connectivity index (χ0) is 20.9. The van der Waals surface area contributed by atoms with E-state index < -0.39 is 5.41 Å². The Kier molecular flexibility index (Phi) is 3.92. The fraction of sp³-hybridized carbons (Fsp3) is 0.190. The van der Waals surface area contributed by atoms with Crippen LogP contribution in [0, 0.1) is 0 Å². The summed E-state index contributed by atoms with van der Waals surface area (Å²) in [7, 11) is 1.57.